The first-order chi connectivity index (χ1) is 34.1. The fourth-order valence-corrected chi connectivity index (χ4v) is 14.3. The summed E-state index contributed by atoms with van der Waals surface area (Å²) >= 11 is 1.90. The molecule has 2 aliphatic heterocycles. The molecule has 3 aromatic heterocycles. The molecule has 1 spiro atoms. The molecule has 3 nitrogen and oxygen atoms in total. The van der Waals surface area contributed by atoms with Crippen molar-refractivity contribution in [1.29, 1.82) is 0 Å². The molecule has 13 aromatic rings. The third-order valence-electron chi connectivity index (χ3n) is 16.3. The Hall–Kier alpha value is -8.05. The van der Waals surface area contributed by atoms with E-state index in [1.807, 2.05) is 11.3 Å². The predicted molar refractivity (Wildman–Crippen MR) is 290 cm³/mol. The number of allylic oxidation sites excluding steroid dienone is 1. The molecule has 3 atom stereocenters. The van der Waals surface area contributed by atoms with Crippen LogP contribution in [0.15, 0.2) is 215 Å². The van der Waals surface area contributed by atoms with E-state index in [4.69, 9.17) is 9.41 Å². The number of benzene rings is 10. The summed E-state index contributed by atoms with van der Waals surface area (Å²) < 4.78 is 12.7. The van der Waals surface area contributed by atoms with E-state index >= 15 is 0 Å². The van der Waals surface area contributed by atoms with E-state index in [0.29, 0.717) is 0 Å². The lowest BCUT2D eigenvalue weighted by molar-refractivity contribution is 0.576. The second-order valence-electron chi connectivity index (χ2n) is 19.8. The van der Waals surface area contributed by atoms with Crippen molar-refractivity contribution in [3.05, 3.63) is 228 Å². The smallest absolute Gasteiger partial charge is 0.141 e. The second kappa shape index (κ2) is 13.8. The topological polar surface area (TPSA) is 30.4 Å². The van der Waals surface area contributed by atoms with Gasteiger partial charge in [-0.1, -0.05) is 159 Å². The third-order valence-corrected chi connectivity index (χ3v) is 17.5. The maximum absolute atomic E-state index is 7.48. The van der Waals surface area contributed by atoms with Crippen molar-refractivity contribution in [2.24, 2.45) is 16.8 Å². The number of hydrogen-bond acceptors (Lipinski definition) is 3. The monoisotopic (exact) mass is 898 g/mol. The highest BCUT2D eigenvalue weighted by Crippen LogP contribution is 2.69. The Morgan fingerprint density at radius 1 is 0.565 bits per heavy atom. The third kappa shape index (κ3) is 5.19. The zero-order valence-electron chi connectivity index (χ0n) is 37.8. The van der Waals surface area contributed by atoms with Gasteiger partial charge in [0.1, 0.15) is 11.2 Å². The van der Waals surface area contributed by atoms with E-state index in [-0.39, 0.29) is 11.8 Å². The van der Waals surface area contributed by atoms with Crippen LogP contribution < -0.4 is 0 Å². The fraction of sp³-hybridized carbons (Fsp3) is 0.0923. The lowest BCUT2D eigenvalue weighted by atomic mass is 9.76. The lowest BCUT2D eigenvalue weighted by Gasteiger charge is -2.27. The molecule has 0 N–H and O–H groups in total. The molecule has 3 unspecified atom stereocenters. The zero-order valence-corrected chi connectivity index (χ0v) is 38.6. The Labute approximate surface area is 401 Å². The van der Waals surface area contributed by atoms with Gasteiger partial charge in [0, 0.05) is 69.7 Å². The summed E-state index contributed by atoms with van der Waals surface area (Å²) in [6, 6.07) is 74.7. The lowest BCUT2D eigenvalue weighted by Crippen LogP contribution is -2.23. The second-order valence-corrected chi connectivity index (χ2v) is 20.9. The van der Waals surface area contributed by atoms with Crippen molar-refractivity contribution in [2.75, 3.05) is 0 Å². The van der Waals surface area contributed by atoms with Gasteiger partial charge in [-0.15, -0.1) is 11.3 Å². The minimum atomic E-state index is -0.415. The first-order valence-corrected chi connectivity index (χ1v) is 25.1. The number of furan rings is 1. The first kappa shape index (κ1) is 38.0. The molecule has 1 aliphatic carbocycles. The molecule has 1 saturated carbocycles. The van der Waals surface area contributed by atoms with Crippen molar-refractivity contribution in [2.45, 2.75) is 25.2 Å². The maximum atomic E-state index is 7.48. The zero-order chi connectivity index (χ0) is 45.1. The molecule has 2 bridgehead atoms. The van der Waals surface area contributed by atoms with Gasteiger partial charge in [-0.05, 0) is 111 Å². The fourth-order valence-electron chi connectivity index (χ4n) is 13.1. The molecule has 16 rings (SSSR count). The normalized spacial score (nSPS) is 18.8. The van der Waals surface area contributed by atoms with Crippen LogP contribution in [0.4, 0.5) is 0 Å². The number of nitrogens with zero attached hydrogens (tertiary/aromatic N) is 2. The van der Waals surface area contributed by atoms with Crippen molar-refractivity contribution < 1.29 is 4.42 Å². The molecule has 10 aromatic carbocycles. The van der Waals surface area contributed by atoms with Crippen LogP contribution in [-0.4, -0.2) is 10.3 Å². The maximum Gasteiger partial charge on any atom is 0.141 e. The Balaban J connectivity index is 1.07. The van der Waals surface area contributed by atoms with E-state index in [1.54, 1.807) is 0 Å². The van der Waals surface area contributed by atoms with Crippen molar-refractivity contribution in [3.63, 3.8) is 0 Å². The molecule has 3 aliphatic rings. The average molecular weight is 899 g/mol. The van der Waals surface area contributed by atoms with Crippen molar-refractivity contribution >= 4 is 108 Å². The molecule has 0 radical (unpaired) electrons. The Morgan fingerprint density at radius 2 is 1.29 bits per heavy atom. The Morgan fingerprint density at radius 3 is 2.19 bits per heavy atom. The summed E-state index contributed by atoms with van der Waals surface area (Å²) in [5.41, 5.74) is 16.1. The van der Waals surface area contributed by atoms with Crippen molar-refractivity contribution in [1.82, 2.24) is 4.57 Å². The Bertz CT molecular complexity index is 4470. The minimum Gasteiger partial charge on any atom is -0.456 e. The van der Waals surface area contributed by atoms with Crippen molar-refractivity contribution in [3.8, 4) is 16.8 Å². The molecule has 0 saturated heterocycles. The number of hydrogen-bond donors (Lipinski definition) is 0. The van der Waals surface area contributed by atoms with E-state index in [2.05, 4.69) is 212 Å². The summed E-state index contributed by atoms with van der Waals surface area (Å²) in [4.78, 5) is 6.17. The van der Waals surface area contributed by atoms with Crippen LogP contribution in [0.3, 0.4) is 0 Å². The first-order valence-electron chi connectivity index (χ1n) is 24.3. The molecule has 69 heavy (non-hydrogen) atoms. The minimum absolute atomic E-state index is 0.119. The van der Waals surface area contributed by atoms with E-state index in [0.717, 1.165) is 35.3 Å². The van der Waals surface area contributed by atoms with Gasteiger partial charge in [-0.2, -0.15) is 0 Å². The molecule has 4 heteroatoms. The van der Waals surface area contributed by atoms with Gasteiger partial charge in [-0.25, -0.2) is 0 Å². The van der Waals surface area contributed by atoms with Crippen LogP contribution in [0.25, 0.3) is 108 Å². The predicted octanol–water partition coefficient (Wildman–Crippen LogP) is 17.4. The molecule has 0 amide bonds. The summed E-state index contributed by atoms with van der Waals surface area (Å²) in [5, 5.41) is 12.4. The van der Waals surface area contributed by atoms with Gasteiger partial charge in [0.2, 0.25) is 0 Å². The highest BCUT2D eigenvalue weighted by molar-refractivity contribution is 7.26. The standard InChI is InChI=1S/C65H42N2OS/c1-37-53-36-65(53)52(62(44-19-11-18-41(33-44)39-13-3-2-4-14-39)66-61(37)50-23-12-22-48-47-21-9-10-24-58(47)69-64(48)50)31-38-25-27-46-51-34-42-16-5-6-17-43(42)35-56(51)67(55(46)32-38)54-29-28-49-59-45-20-8-7-15-40(45)26-30-57(59)68-63(49)60(54)65/h2-30,32-35,37,53H,31,36H2,1H3. The van der Waals surface area contributed by atoms with E-state index < -0.39 is 5.41 Å². The van der Waals surface area contributed by atoms with Crippen LogP contribution in [0.1, 0.15) is 35.6 Å². The summed E-state index contributed by atoms with van der Waals surface area (Å²) in [6.07, 6.45) is 1.74. The summed E-state index contributed by atoms with van der Waals surface area (Å²) in [5.74, 6) is 0.364. The molecule has 324 valence electrons. The highest BCUT2D eigenvalue weighted by Gasteiger charge is 2.64. The van der Waals surface area contributed by atoms with Gasteiger partial charge < -0.3 is 8.98 Å². The largest absolute Gasteiger partial charge is 0.456 e. The SMILES string of the molecule is CC1C(c2cccc3c2sc2ccccc23)=NC(c2cccc(-c3ccccc3)c2)=C2Cc3ccc4c5cc6ccccc6cc5n(c4c3)-c3ccc4c(oc5ccc6ccccc6c54)c3C23CC13. The van der Waals surface area contributed by atoms with Gasteiger partial charge in [0.25, 0.3) is 0 Å². The van der Waals surface area contributed by atoms with Gasteiger partial charge in [-0.3, -0.25) is 4.99 Å². The Kier molecular flexibility index (Phi) is 7.58. The molecule has 1 fully saturated rings. The number of rotatable bonds is 3. The quantitative estimate of drug-likeness (QED) is 0.174. The van der Waals surface area contributed by atoms with E-state index in [9.17, 15) is 0 Å². The molecular weight excluding hydrogens is 857 g/mol. The van der Waals surface area contributed by atoms with Crippen LogP contribution >= 0.6 is 11.3 Å². The van der Waals surface area contributed by atoms with Crippen LogP contribution in [-0.2, 0) is 11.8 Å². The number of fused-ring (bicyclic) bond motifs is 16. The number of thiophene rings is 1. The van der Waals surface area contributed by atoms with Gasteiger partial charge in [0.05, 0.1) is 28.1 Å². The number of aliphatic imine (C=N–C) groups is 1. The highest BCUT2D eigenvalue weighted by atomic mass is 32.1. The van der Waals surface area contributed by atoms with Gasteiger partial charge >= 0.3 is 0 Å². The van der Waals surface area contributed by atoms with Crippen LogP contribution in [0.2, 0.25) is 0 Å². The number of aromatic nitrogens is 1. The van der Waals surface area contributed by atoms with Crippen LogP contribution in [0, 0.1) is 11.8 Å². The van der Waals surface area contributed by atoms with E-state index in [1.165, 1.54) is 119 Å². The van der Waals surface area contributed by atoms with Crippen LogP contribution in [0.5, 0.6) is 0 Å². The molecular formula is C65H42N2OS. The van der Waals surface area contributed by atoms with Gasteiger partial charge in [0.15, 0.2) is 0 Å². The summed E-state index contributed by atoms with van der Waals surface area (Å²) in [7, 11) is 0. The average Bonchev–Trinajstić information content (AvgIpc) is 3.68. The summed E-state index contributed by atoms with van der Waals surface area (Å²) in [6.45, 7) is 2.47. The molecule has 5 heterocycles.